The molecule has 2 amide bonds. The van der Waals surface area contributed by atoms with Crippen LogP contribution in [0.1, 0.15) is 25.0 Å². The second kappa shape index (κ2) is 5.57. The highest BCUT2D eigenvalue weighted by molar-refractivity contribution is 5.89. The number of nitrogens with two attached hydrogens (primary N) is 1. The predicted octanol–water partition coefficient (Wildman–Crippen LogP) is 2.83. The molecule has 17 heavy (non-hydrogen) atoms. The lowest BCUT2D eigenvalue weighted by atomic mass is 10.1. The van der Waals surface area contributed by atoms with Gasteiger partial charge in [0.05, 0.1) is 6.61 Å². The zero-order valence-corrected chi connectivity index (χ0v) is 10.8. The predicted molar refractivity (Wildman–Crippen MR) is 69.5 cm³/mol. The van der Waals surface area contributed by atoms with Crippen LogP contribution in [0.5, 0.6) is 5.75 Å². The average Bonchev–Trinajstić information content (AvgIpc) is 2.20. The van der Waals surface area contributed by atoms with Gasteiger partial charge in [0.2, 0.25) is 0 Å². The van der Waals surface area contributed by atoms with Gasteiger partial charge in [-0.1, -0.05) is 13.8 Å². The minimum absolute atomic E-state index is 0.484. The highest BCUT2D eigenvalue weighted by Crippen LogP contribution is 2.26. The number of anilines is 1. The van der Waals surface area contributed by atoms with Gasteiger partial charge in [0.15, 0.2) is 0 Å². The van der Waals surface area contributed by atoms with Gasteiger partial charge in [-0.3, -0.25) is 0 Å². The maximum Gasteiger partial charge on any atom is 0.316 e. The molecule has 0 aliphatic rings. The van der Waals surface area contributed by atoms with Crippen molar-refractivity contribution < 1.29 is 9.53 Å². The minimum Gasteiger partial charge on any atom is -0.493 e. The Morgan fingerprint density at radius 1 is 1.35 bits per heavy atom. The van der Waals surface area contributed by atoms with E-state index < -0.39 is 6.03 Å². The van der Waals surface area contributed by atoms with Crippen molar-refractivity contribution in [3.05, 3.63) is 23.3 Å². The zero-order valence-electron chi connectivity index (χ0n) is 10.8. The molecular formula is C13H20N2O2. The first-order chi connectivity index (χ1) is 7.90. The van der Waals surface area contributed by atoms with Crippen molar-refractivity contribution in [1.82, 2.24) is 0 Å². The Kier molecular flexibility index (Phi) is 4.37. The molecule has 3 N–H and O–H groups in total. The Hall–Kier alpha value is -1.71. The molecule has 0 heterocycles. The molecular weight excluding hydrogens is 216 g/mol. The summed E-state index contributed by atoms with van der Waals surface area (Å²) in [5.74, 6) is 1.34. The molecule has 1 rings (SSSR count). The molecule has 0 radical (unpaired) electrons. The van der Waals surface area contributed by atoms with Crippen LogP contribution in [0.25, 0.3) is 0 Å². The van der Waals surface area contributed by atoms with Gasteiger partial charge in [-0.05, 0) is 43.0 Å². The van der Waals surface area contributed by atoms with Crippen LogP contribution in [0.2, 0.25) is 0 Å². The van der Waals surface area contributed by atoms with E-state index in [1.807, 2.05) is 26.0 Å². The number of benzene rings is 1. The standard InChI is InChI=1S/C13H20N2O2/c1-8(2)7-17-12-6-9(3)11(5-10(12)4)15-13(14)16/h5-6,8H,7H2,1-4H3,(H3,14,15,16). The second-order valence-corrected chi connectivity index (χ2v) is 4.63. The molecule has 0 aliphatic heterocycles. The van der Waals surface area contributed by atoms with E-state index in [1.165, 1.54) is 0 Å². The molecule has 0 spiro atoms. The van der Waals surface area contributed by atoms with E-state index in [0.717, 1.165) is 22.6 Å². The molecule has 0 aliphatic carbocycles. The number of hydrogen-bond donors (Lipinski definition) is 2. The monoisotopic (exact) mass is 236 g/mol. The van der Waals surface area contributed by atoms with Gasteiger partial charge in [0.1, 0.15) is 5.75 Å². The summed E-state index contributed by atoms with van der Waals surface area (Å²) in [5.41, 5.74) is 7.75. The Balaban J connectivity index is 2.89. The molecule has 0 aromatic heterocycles. The van der Waals surface area contributed by atoms with Gasteiger partial charge >= 0.3 is 6.03 Å². The molecule has 1 aromatic carbocycles. The van der Waals surface area contributed by atoms with Crippen LogP contribution in [-0.2, 0) is 0 Å². The van der Waals surface area contributed by atoms with Gasteiger partial charge in [-0.2, -0.15) is 0 Å². The molecule has 94 valence electrons. The van der Waals surface area contributed by atoms with Gasteiger partial charge in [0, 0.05) is 5.69 Å². The number of amides is 2. The largest absolute Gasteiger partial charge is 0.493 e. The average molecular weight is 236 g/mol. The van der Waals surface area contributed by atoms with E-state index in [0.29, 0.717) is 12.5 Å². The summed E-state index contributed by atoms with van der Waals surface area (Å²) in [4.78, 5) is 10.8. The third-order valence-electron chi connectivity index (χ3n) is 2.35. The highest BCUT2D eigenvalue weighted by atomic mass is 16.5. The maximum absolute atomic E-state index is 10.8. The molecule has 4 nitrogen and oxygen atoms in total. The van der Waals surface area contributed by atoms with Crippen molar-refractivity contribution in [3.8, 4) is 5.75 Å². The summed E-state index contributed by atoms with van der Waals surface area (Å²) in [7, 11) is 0. The summed E-state index contributed by atoms with van der Waals surface area (Å²) in [6, 6.07) is 3.24. The summed E-state index contributed by atoms with van der Waals surface area (Å²) in [5, 5.41) is 2.59. The lowest BCUT2D eigenvalue weighted by Crippen LogP contribution is -2.20. The van der Waals surface area contributed by atoms with Crippen LogP contribution < -0.4 is 15.8 Å². The van der Waals surface area contributed by atoms with E-state index in [4.69, 9.17) is 10.5 Å². The molecule has 0 saturated carbocycles. The van der Waals surface area contributed by atoms with Gasteiger partial charge in [-0.15, -0.1) is 0 Å². The first kappa shape index (κ1) is 13.4. The first-order valence-electron chi connectivity index (χ1n) is 5.70. The molecule has 0 bridgehead atoms. The third kappa shape index (κ3) is 3.98. The van der Waals surface area contributed by atoms with Crippen molar-refractivity contribution in [2.24, 2.45) is 11.7 Å². The topological polar surface area (TPSA) is 64.3 Å². The van der Waals surface area contributed by atoms with E-state index in [2.05, 4.69) is 19.2 Å². The summed E-state index contributed by atoms with van der Waals surface area (Å²) < 4.78 is 5.70. The van der Waals surface area contributed by atoms with Crippen molar-refractivity contribution in [2.45, 2.75) is 27.7 Å². The number of ether oxygens (including phenoxy) is 1. The molecule has 0 atom stereocenters. The van der Waals surface area contributed by atoms with E-state index in [1.54, 1.807) is 0 Å². The van der Waals surface area contributed by atoms with Crippen molar-refractivity contribution in [1.29, 1.82) is 0 Å². The van der Waals surface area contributed by atoms with Gasteiger partial charge in [0.25, 0.3) is 0 Å². The SMILES string of the molecule is Cc1cc(OCC(C)C)c(C)cc1NC(N)=O. The molecule has 1 aromatic rings. The molecule has 0 fully saturated rings. The smallest absolute Gasteiger partial charge is 0.316 e. The number of nitrogens with one attached hydrogen (secondary N) is 1. The maximum atomic E-state index is 10.8. The van der Waals surface area contributed by atoms with Crippen LogP contribution in [0, 0.1) is 19.8 Å². The number of urea groups is 1. The second-order valence-electron chi connectivity index (χ2n) is 4.63. The fraction of sp³-hybridized carbons (Fsp3) is 0.462. The van der Waals surface area contributed by atoms with Gasteiger partial charge in [-0.25, -0.2) is 4.79 Å². The Morgan fingerprint density at radius 3 is 2.53 bits per heavy atom. The normalized spacial score (nSPS) is 10.4. The Bertz CT molecular complexity index is 414. The highest BCUT2D eigenvalue weighted by Gasteiger charge is 2.07. The van der Waals surface area contributed by atoms with Crippen LogP contribution in [0.4, 0.5) is 10.5 Å². The molecule has 0 unspecified atom stereocenters. The lowest BCUT2D eigenvalue weighted by Gasteiger charge is -2.14. The quantitative estimate of drug-likeness (QED) is 0.844. The Labute approximate surface area is 102 Å². The van der Waals surface area contributed by atoms with E-state index in [-0.39, 0.29) is 0 Å². The van der Waals surface area contributed by atoms with Gasteiger partial charge < -0.3 is 15.8 Å². The van der Waals surface area contributed by atoms with E-state index >= 15 is 0 Å². The first-order valence-corrected chi connectivity index (χ1v) is 5.70. The molecule has 4 heteroatoms. The summed E-state index contributed by atoms with van der Waals surface area (Å²) in [6.07, 6.45) is 0. The zero-order chi connectivity index (χ0) is 13.0. The van der Waals surface area contributed by atoms with Crippen LogP contribution >= 0.6 is 0 Å². The number of rotatable bonds is 4. The number of carbonyl (C=O) groups excluding carboxylic acids is 1. The number of primary amides is 1. The Morgan fingerprint density at radius 2 is 2.00 bits per heavy atom. The van der Waals surface area contributed by atoms with E-state index in [9.17, 15) is 4.79 Å². The van der Waals surface area contributed by atoms with Crippen LogP contribution in [0.15, 0.2) is 12.1 Å². The summed E-state index contributed by atoms with van der Waals surface area (Å²) >= 11 is 0. The third-order valence-corrected chi connectivity index (χ3v) is 2.35. The fourth-order valence-corrected chi connectivity index (χ4v) is 1.47. The summed E-state index contributed by atoms with van der Waals surface area (Å²) in [6.45, 7) is 8.74. The van der Waals surface area contributed by atoms with Crippen LogP contribution in [0.3, 0.4) is 0 Å². The van der Waals surface area contributed by atoms with Crippen molar-refractivity contribution in [3.63, 3.8) is 0 Å². The number of hydrogen-bond acceptors (Lipinski definition) is 2. The van der Waals surface area contributed by atoms with Crippen molar-refractivity contribution in [2.75, 3.05) is 11.9 Å². The number of carbonyl (C=O) groups is 1. The van der Waals surface area contributed by atoms with Crippen molar-refractivity contribution >= 4 is 11.7 Å². The minimum atomic E-state index is -0.552. The fourth-order valence-electron chi connectivity index (χ4n) is 1.47. The van der Waals surface area contributed by atoms with Crippen LogP contribution in [-0.4, -0.2) is 12.6 Å². The number of aryl methyl sites for hydroxylation is 2. The lowest BCUT2D eigenvalue weighted by molar-refractivity contribution is 0.259. The molecule has 0 saturated heterocycles.